The van der Waals surface area contributed by atoms with Gasteiger partial charge < -0.3 is 14.7 Å². The molecule has 0 aromatic heterocycles. The van der Waals surface area contributed by atoms with Gasteiger partial charge in [0.15, 0.2) is 11.5 Å². The van der Waals surface area contributed by atoms with Crippen LogP contribution in [0.5, 0.6) is 11.5 Å². The predicted octanol–water partition coefficient (Wildman–Crippen LogP) is 2.98. The number of halogens is 1. The number of imide groups is 1. The molecule has 0 unspecified atom stereocenters. The first-order valence-corrected chi connectivity index (χ1v) is 12.4. The molecule has 0 spiro atoms. The fraction of sp³-hybridized carbons (Fsp3) is 0.150. The van der Waals surface area contributed by atoms with Crippen molar-refractivity contribution in [2.24, 2.45) is 5.73 Å². The van der Waals surface area contributed by atoms with E-state index in [1.807, 2.05) is 22.6 Å². The van der Waals surface area contributed by atoms with E-state index in [1.54, 1.807) is 31.2 Å². The van der Waals surface area contributed by atoms with Crippen LogP contribution < -0.4 is 14.7 Å². The van der Waals surface area contributed by atoms with Gasteiger partial charge in [0.1, 0.15) is 11.4 Å². The average molecular weight is 588 g/mol. The Morgan fingerprint density at radius 2 is 1.91 bits per heavy atom. The van der Waals surface area contributed by atoms with Crippen LogP contribution in [-0.2, 0) is 19.7 Å². The van der Waals surface area contributed by atoms with Gasteiger partial charge in [0.25, 0.3) is 11.1 Å². The molecule has 1 saturated heterocycles. The number of benzene rings is 2. The van der Waals surface area contributed by atoms with Crippen molar-refractivity contribution in [3.63, 3.8) is 0 Å². The zero-order valence-electron chi connectivity index (χ0n) is 16.6. The zero-order valence-corrected chi connectivity index (χ0v) is 20.4. The summed E-state index contributed by atoms with van der Waals surface area (Å²) in [6.45, 7) is 1.45. The summed E-state index contributed by atoms with van der Waals surface area (Å²) in [6, 6.07) is 10.8. The summed E-state index contributed by atoms with van der Waals surface area (Å²) in [5.74, 6) is -1.28. The molecule has 3 rings (SSSR count). The minimum atomic E-state index is -4.10. The van der Waals surface area contributed by atoms with Crippen LogP contribution in [0, 0.1) is 3.57 Å². The van der Waals surface area contributed by atoms with Crippen molar-refractivity contribution in [3.8, 4) is 11.5 Å². The van der Waals surface area contributed by atoms with E-state index in [4.69, 9.17) is 14.7 Å². The van der Waals surface area contributed by atoms with E-state index in [2.05, 4.69) is 0 Å². The van der Waals surface area contributed by atoms with Crippen LogP contribution in [0.3, 0.4) is 0 Å². The molecule has 12 heteroatoms. The molecular formula is C20H17IN2O7S2. The number of nitrogens with two attached hydrogens (primary N) is 1. The molecule has 0 radical (unpaired) electrons. The Labute approximate surface area is 202 Å². The molecule has 3 amide bonds. The Kier molecular flexibility index (Phi) is 7.46. The van der Waals surface area contributed by atoms with Gasteiger partial charge in [-0.15, -0.1) is 0 Å². The summed E-state index contributed by atoms with van der Waals surface area (Å²) in [4.78, 5) is 36.4. The maximum atomic E-state index is 12.7. The lowest BCUT2D eigenvalue weighted by Gasteiger charge is -2.14. The van der Waals surface area contributed by atoms with Crippen LogP contribution in [0.1, 0.15) is 12.5 Å². The van der Waals surface area contributed by atoms with E-state index in [1.165, 1.54) is 24.3 Å². The van der Waals surface area contributed by atoms with E-state index in [-0.39, 0.29) is 27.9 Å². The summed E-state index contributed by atoms with van der Waals surface area (Å²) < 4.78 is 36.7. The molecule has 32 heavy (non-hydrogen) atoms. The van der Waals surface area contributed by atoms with Gasteiger partial charge in [0.05, 0.1) is 15.1 Å². The molecule has 2 aromatic carbocycles. The highest BCUT2D eigenvalue weighted by atomic mass is 127. The Bertz CT molecular complexity index is 1210. The predicted molar refractivity (Wildman–Crippen MR) is 126 cm³/mol. The first-order chi connectivity index (χ1) is 15.1. The van der Waals surface area contributed by atoms with Gasteiger partial charge in [-0.2, -0.15) is 8.42 Å². The van der Waals surface area contributed by atoms with Crippen molar-refractivity contribution in [1.82, 2.24) is 4.90 Å². The summed E-state index contributed by atoms with van der Waals surface area (Å²) in [5.41, 5.74) is 5.56. The highest BCUT2D eigenvalue weighted by molar-refractivity contribution is 14.1. The van der Waals surface area contributed by atoms with Gasteiger partial charge in [-0.3, -0.25) is 19.3 Å². The Morgan fingerprint density at radius 3 is 2.53 bits per heavy atom. The lowest BCUT2D eigenvalue weighted by Crippen LogP contribution is -2.36. The molecule has 1 heterocycles. The van der Waals surface area contributed by atoms with E-state index in [0.29, 0.717) is 20.9 Å². The number of nitrogens with zero attached hydrogens (tertiary/aromatic N) is 1. The Balaban J connectivity index is 1.96. The van der Waals surface area contributed by atoms with Gasteiger partial charge in [0.2, 0.25) is 5.91 Å². The van der Waals surface area contributed by atoms with Gasteiger partial charge >= 0.3 is 10.1 Å². The summed E-state index contributed by atoms with van der Waals surface area (Å²) >= 11 is 2.57. The number of carbonyl (C=O) groups excluding carboxylic acids is 3. The fourth-order valence-electron chi connectivity index (χ4n) is 2.70. The molecule has 0 atom stereocenters. The van der Waals surface area contributed by atoms with E-state index in [0.717, 1.165) is 4.90 Å². The third-order valence-corrected chi connectivity index (χ3v) is 6.99. The molecule has 0 saturated carbocycles. The lowest BCUT2D eigenvalue weighted by molar-refractivity contribution is -0.127. The third-order valence-electron chi connectivity index (χ3n) is 4.04. The summed E-state index contributed by atoms with van der Waals surface area (Å²) in [7, 11) is -4.10. The topological polar surface area (TPSA) is 133 Å². The van der Waals surface area contributed by atoms with Crippen molar-refractivity contribution in [2.45, 2.75) is 11.8 Å². The van der Waals surface area contributed by atoms with E-state index >= 15 is 0 Å². The molecule has 168 valence electrons. The molecule has 0 aliphatic carbocycles. The highest BCUT2D eigenvalue weighted by Gasteiger charge is 2.36. The van der Waals surface area contributed by atoms with Crippen molar-refractivity contribution < 1.29 is 31.7 Å². The molecule has 2 N–H and O–H groups in total. The van der Waals surface area contributed by atoms with Crippen LogP contribution in [0.25, 0.3) is 6.08 Å². The standard InChI is InChI=1S/C20H17IN2O7S2/c1-2-29-15-9-12(10-16-19(25)23(11-17(22)24)20(26)31-16)8-14(21)18(15)30-32(27,28)13-6-4-3-5-7-13/h3-10H,2,11H2,1H3,(H2,22,24)/b16-10-. The first kappa shape index (κ1) is 24.1. The molecule has 1 fully saturated rings. The number of rotatable bonds is 8. The lowest BCUT2D eigenvalue weighted by atomic mass is 10.2. The number of amides is 3. The molecule has 1 aliphatic heterocycles. The Morgan fingerprint density at radius 1 is 1.22 bits per heavy atom. The maximum Gasteiger partial charge on any atom is 0.339 e. The second-order valence-electron chi connectivity index (χ2n) is 6.35. The van der Waals surface area contributed by atoms with Gasteiger partial charge in [-0.25, -0.2) is 0 Å². The van der Waals surface area contributed by atoms with Crippen molar-refractivity contribution in [1.29, 1.82) is 0 Å². The van der Waals surface area contributed by atoms with E-state index in [9.17, 15) is 22.8 Å². The van der Waals surface area contributed by atoms with Gasteiger partial charge in [0, 0.05) is 0 Å². The maximum absolute atomic E-state index is 12.7. The average Bonchev–Trinajstić information content (AvgIpc) is 2.98. The number of thioether (sulfide) groups is 1. The fourth-order valence-corrected chi connectivity index (χ4v) is 5.40. The van der Waals surface area contributed by atoms with Crippen LogP contribution in [0.2, 0.25) is 0 Å². The summed E-state index contributed by atoms with van der Waals surface area (Å²) in [6.07, 6.45) is 1.45. The highest BCUT2D eigenvalue weighted by Crippen LogP contribution is 2.38. The number of primary amides is 1. The van der Waals surface area contributed by atoms with Gasteiger partial charge in [-0.05, 0) is 77.2 Å². The molecule has 2 aromatic rings. The van der Waals surface area contributed by atoms with E-state index < -0.39 is 33.7 Å². The number of carbonyl (C=O) groups is 3. The third kappa shape index (κ3) is 5.42. The van der Waals surface area contributed by atoms with Crippen LogP contribution in [-0.4, -0.2) is 43.5 Å². The SMILES string of the molecule is CCOc1cc(/C=C2\SC(=O)N(CC(N)=O)C2=O)cc(I)c1OS(=O)(=O)c1ccccc1. The largest absolute Gasteiger partial charge is 0.490 e. The Hall–Kier alpha value is -2.58. The van der Waals surface area contributed by atoms with Crippen LogP contribution >= 0.6 is 34.4 Å². The van der Waals surface area contributed by atoms with Crippen LogP contribution in [0.4, 0.5) is 4.79 Å². The minimum Gasteiger partial charge on any atom is -0.490 e. The number of hydrogen-bond acceptors (Lipinski definition) is 8. The second kappa shape index (κ2) is 9.92. The first-order valence-electron chi connectivity index (χ1n) is 9.12. The number of hydrogen-bond donors (Lipinski definition) is 1. The zero-order chi connectivity index (χ0) is 23.5. The van der Waals surface area contributed by atoms with Crippen molar-refractivity contribution in [3.05, 3.63) is 56.5 Å². The monoisotopic (exact) mass is 588 g/mol. The normalized spacial score (nSPS) is 15.3. The van der Waals surface area contributed by atoms with Crippen molar-refractivity contribution in [2.75, 3.05) is 13.2 Å². The second-order valence-corrected chi connectivity index (χ2v) is 10.0. The number of ether oxygens (including phenoxy) is 1. The molecular weight excluding hydrogens is 571 g/mol. The van der Waals surface area contributed by atoms with Crippen molar-refractivity contribution >= 4 is 67.6 Å². The molecule has 9 nitrogen and oxygen atoms in total. The van der Waals surface area contributed by atoms with Gasteiger partial charge in [-0.1, -0.05) is 18.2 Å². The molecule has 1 aliphatic rings. The smallest absolute Gasteiger partial charge is 0.339 e. The quantitative estimate of drug-likeness (QED) is 0.283. The minimum absolute atomic E-state index is 0.00884. The van der Waals surface area contributed by atoms with Crippen LogP contribution in [0.15, 0.2) is 52.3 Å². The molecule has 0 bridgehead atoms. The summed E-state index contributed by atoms with van der Waals surface area (Å²) in [5, 5.41) is -0.603.